The summed E-state index contributed by atoms with van der Waals surface area (Å²) in [4.78, 5) is 96.4. The Bertz CT molecular complexity index is 2510. The predicted molar refractivity (Wildman–Crippen MR) is 218 cm³/mol. The molecule has 4 aromatic rings. The lowest BCUT2D eigenvalue weighted by Gasteiger charge is -2.70. The van der Waals surface area contributed by atoms with Gasteiger partial charge in [0.1, 0.15) is 17.5 Å². The number of amides is 6. The Kier molecular flexibility index (Phi) is 10.4. The van der Waals surface area contributed by atoms with Crippen molar-refractivity contribution < 1.29 is 38.2 Å². The lowest BCUT2D eigenvalue weighted by atomic mass is 9.44. The second-order valence-corrected chi connectivity index (χ2v) is 16.3. The fraction of sp³-hybridized carbons (Fsp3) is 0.395. The van der Waals surface area contributed by atoms with Gasteiger partial charge < -0.3 is 30.0 Å². The van der Waals surface area contributed by atoms with Gasteiger partial charge >= 0.3 is 0 Å². The van der Waals surface area contributed by atoms with Crippen LogP contribution in [0.1, 0.15) is 71.2 Å². The third kappa shape index (κ3) is 7.22. The number of nitrogens with one attached hydrogen (secondary N) is 4. The Hall–Kier alpha value is -6.62. The fourth-order valence-electron chi connectivity index (χ4n) is 9.26. The zero-order valence-corrected chi connectivity index (χ0v) is 33.8. The minimum atomic E-state index is -1.04. The first-order valence-corrected chi connectivity index (χ1v) is 19.8. The predicted octanol–water partition coefficient (Wildman–Crippen LogP) is 2.25. The third-order valence-electron chi connectivity index (χ3n) is 12.0. The Morgan fingerprint density at radius 2 is 1.68 bits per heavy atom. The summed E-state index contributed by atoms with van der Waals surface area (Å²) in [5, 5.41) is 13.0. The molecule has 312 valence electrons. The first-order chi connectivity index (χ1) is 28.7. The van der Waals surface area contributed by atoms with Crippen LogP contribution in [0.15, 0.2) is 59.8 Å². The number of fused-ring (bicyclic) bond motifs is 2. The Morgan fingerprint density at radius 1 is 0.950 bits per heavy atom. The van der Waals surface area contributed by atoms with Crippen molar-refractivity contribution in [3.8, 4) is 22.6 Å². The molecule has 0 radical (unpaired) electrons. The SMILES string of the molecule is COc1cc(-c2cn(C)c(=O)c3cnccc23)cc(OC)c1CN(C)CC(=O)NCCCC(=O)NC12CC(Nc3cccc4c3C(=O)N(C3CCC(=O)NC3=O)C4=O)(C1)C2. The Balaban J connectivity index is 0.793. The zero-order valence-electron chi connectivity index (χ0n) is 33.8. The van der Waals surface area contributed by atoms with Crippen molar-refractivity contribution >= 4 is 51.9 Å². The van der Waals surface area contributed by atoms with E-state index >= 15 is 0 Å². The maximum Gasteiger partial charge on any atom is 0.264 e. The van der Waals surface area contributed by atoms with Crippen LogP contribution in [0.25, 0.3) is 21.9 Å². The van der Waals surface area contributed by atoms with E-state index in [1.54, 1.807) is 64.1 Å². The number of carbonyl (C=O) groups is 6. The van der Waals surface area contributed by atoms with Crippen LogP contribution < -0.4 is 36.3 Å². The van der Waals surface area contributed by atoms with Crippen LogP contribution in [-0.4, -0.2) is 106 Å². The van der Waals surface area contributed by atoms with E-state index in [0.29, 0.717) is 61.3 Å². The van der Waals surface area contributed by atoms with Crippen LogP contribution in [0.5, 0.6) is 11.5 Å². The van der Waals surface area contributed by atoms with E-state index in [0.717, 1.165) is 27.0 Å². The first-order valence-electron chi connectivity index (χ1n) is 19.8. The molecule has 1 saturated heterocycles. The number of benzene rings is 2. The van der Waals surface area contributed by atoms with Crippen molar-refractivity contribution in [3.05, 3.63) is 82.0 Å². The monoisotopic (exact) mass is 818 g/mol. The fourth-order valence-corrected chi connectivity index (χ4v) is 9.26. The van der Waals surface area contributed by atoms with Gasteiger partial charge in [-0.1, -0.05) is 6.07 Å². The van der Waals surface area contributed by atoms with Crippen LogP contribution in [-0.2, 0) is 32.8 Å². The van der Waals surface area contributed by atoms with Crippen molar-refractivity contribution in [1.29, 1.82) is 0 Å². The maximum absolute atomic E-state index is 13.5. The van der Waals surface area contributed by atoms with Gasteiger partial charge in [-0.05, 0) is 80.4 Å². The van der Waals surface area contributed by atoms with E-state index in [1.165, 1.54) is 4.57 Å². The number of aryl methyl sites for hydroxylation is 1. The molecule has 1 unspecified atom stereocenters. The number of ether oxygens (including phenoxy) is 2. The summed E-state index contributed by atoms with van der Waals surface area (Å²) >= 11 is 0. The molecule has 2 aromatic carbocycles. The van der Waals surface area contributed by atoms with Crippen molar-refractivity contribution in [2.45, 2.75) is 68.6 Å². The minimum absolute atomic E-state index is 0.0436. The van der Waals surface area contributed by atoms with Gasteiger partial charge in [-0.25, -0.2) is 0 Å². The second-order valence-electron chi connectivity index (χ2n) is 16.3. The number of piperidine rings is 1. The molecule has 5 aliphatic rings. The number of rotatable bonds is 15. The summed E-state index contributed by atoms with van der Waals surface area (Å²) in [7, 11) is 6.65. The molecule has 1 atom stereocenters. The molecule has 4 fully saturated rings. The topological polar surface area (TPSA) is 210 Å². The van der Waals surface area contributed by atoms with E-state index in [1.807, 2.05) is 24.1 Å². The van der Waals surface area contributed by atoms with Crippen LogP contribution in [0, 0.1) is 0 Å². The molecule has 17 nitrogen and oxygen atoms in total. The summed E-state index contributed by atoms with van der Waals surface area (Å²) in [6.45, 7) is 0.766. The van der Waals surface area contributed by atoms with Crippen molar-refractivity contribution in [1.82, 2.24) is 35.3 Å². The standard InChI is InChI=1S/C43H46N8O9/c1-49(18-29-32(59-3)15-24(16-33(29)60-4)28-19-50(2)39(56)27-17-44-14-12-25(27)28)20-36(54)45-13-6-9-35(53)48-43-21-42(22-43,23-43)47-30-8-5-7-26-37(30)41(58)51(40(26)57)31-10-11-34(52)46-38(31)55/h5,7-8,12,14-17,19,31,47H,6,9-11,13,18,20-23H2,1-4H3,(H,45,54)(H,48,53)(H,46,52,55). The first kappa shape index (κ1) is 40.2. The normalized spacial score (nSPS) is 21.6. The average Bonchev–Trinajstić information content (AvgIpc) is 3.45. The average molecular weight is 819 g/mol. The lowest BCUT2D eigenvalue weighted by Crippen LogP contribution is -2.81. The van der Waals surface area contributed by atoms with Crippen LogP contribution in [0.2, 0.25) is 0 Å². The minimum Gasteiger partial charge on any atom is -0.496 e. The number of anilines is 1. The second kappa shape index (κ2) is 15.5. The number of aromatic nitrogens is 2. The van der Waals surface area contributed by atoms with E-state index in [9.17, 15) is 33.6 Å². The summed E-state index contributed by atoms with van der Waals surface area (Å²) < 4.78 is 13.1. The molecule has 3 saturated carbocycles. The summed E-state index contributed by atoms with van der Waals surface area (Å²) in [6.07, 6.45) is 7.74. The highest BCUT2D eigenvalue weighted by molar-refractivity contribution is 6.25. The number of carbonyl (C=O) groups excluding carboxylic acids is 6. The molecule has 17 heteroatoms. The van der Waals surface area contributed by atoms with E-state index in [2.05, 4.69) is 26.3 Å². The highest BCUT2D eigenvalue weighted by atomic mass is 16.5. The van der Waals surface area contributed by atoms with Gasteiger partial charge in [-0.3, -0.25) is 53.7 Å². The molecule has 2 bridgehead atoms. The maximum atomic E-state index is 13.5. The number of likely N-dealkylation sites (N-methyl/N-ethyl adjacent to an activating group) is 1. The zero-order chi connectivity index (χ0) is 42.5. The number of imide groups is 2. The molecule has 2 aromatic heterocycles. The molecule has 60 heavy (non-hydrogen) atoms. The Morgan fingerprint density at radius 3 is 2.38 bits per heavy atom. The highest BCUT2D eigenvalue weighted by Gasteiger charge is 2.69. The largest absolute Gasteiger partial charge is 0.496 e. The molecule has 6 amide bonds. The molecule has 4 N–H and O–H groups in total. The number of pyridine rings is 2. The number of nitrogens with zero attached hydrogens (tertiary/aromatic N) is 4. The van der Waals surface area contributed by atoms with Gasteiger partial charge in [0.2, 0.25) is 23.6 Å². The van der Waals surface area contributed by atoms with Gasteiger partial charge in [-0.2, -0.15) is 0 Å². The Labute approximate surface area is 344 Å². The van der Waals surface area contributed by atoms with Gasteiger partial charge in [-0.15, -0.1) is 0 Å². The third-order valence-corrected chi connectivity index (χ3v) is 12.0. The van der Waals surface area contributed by atoms with E-state index < -0.39 is 29.7 Å². The van der Waals surface area contributed by atoms with Gasteiger partial charge in [0.15, 0.2) is 0 Å². The number of methoxy groups -OCH3 is 2. The quantitative estimate of drug-likeness (QED) is 0.101. The highest BCUT2D eigenvalue weighted by Crippen LogP contribution is 2.62. The smallest absolute Gasteiger partial charge is 0.264 e. The van der Waals surface area contributed by atoms with Crippen molar-refractivity contribution in [2.24, 2.45) is 7.05 Å². The molecule has 4 heterocycles. The van der Waals surface area contributed by atoms with Gasteiger partial charge in [0, 0.05) is 73.9 Å². The van der Waals surface area contributed by atoms with Crippen LogP contribution in [0.4, 0.5) is 5.69 Å². The molecule has 9 rings (SSSR count). The van der Waals surface area contributed by atoms with E-state index in [4.69, 9.17) is 9.47 Å². The molecule has 0 spiro atoms. The van der Waals surface area contributed by atoms with E-state index in [-0.39, 0.29) is 65.4 Å². The lowest BCUT2D eigenvalue weighted by molar-refractivity contribution is -0.136. The molecular formula is C43H46N8O9. The van der Waals surface area contributed by atoms with Crippen LogP contribution in [0.3, 0.4) is 0 Å². The molecule has 3 aliphatic carbocycles. The van der Waals surface area contributed by atoms with Crippen LogP contribution >= 0.6 is 0 Å². The number of hydrogen-bond donors (Lipinski definition) is 4. The summed E-state index contributed by atoms with van der Waals surface area (Å²) in [5.74, 6) is -1.39. The molecule has 2 aliphatic heterocycles. The van der Waals surface area contributed by atoms with Crippen molar-refractivity contribution in [2.75, 3.05) is 39.7 Å². The number of hydrogen-bond acceptors (Lipinski definition) is 12. The van der Waals surface area contributed by atoms with Gasteiger partial charge in [0.25, 0.3) is 17.4 Å². The molecular weight excluding hydrogens is 773 g/mol. The van der Waals surface area contributed by atoms with Crippen molar-refractivity contribution in [3.63, 3.8) is 0 Å². The summed E-state index contributed by atoms with van der Waals surface area (Å²) in [5.41, 5.74) is 2.46. The summed E-state index contributed by atoms with van der Waals surface area (Å²) in [6, 6.07) is 9.52. The van der Waals surface area contributed by atoms with Gasteiger partial charge in [0.05, 0.1) is 42.8 Å².